The van der Waals surface area contributed by atoms with Crippen LogP contribution in [0.1, 0.15) is 43.0 Å². The van der Waals surface area contributed by atoms with E-state index in [2.05, 4.69) is 5.32 Å². The smallest absolute Gasteiger partial charge is 0.262 e. The van der Waals surface area contributed by atoms with E-state index in [1.165, 1.54) is 0 Å². The van der Waals surface area contributed by atoms with Crippen molar-refractivity contribution in [1.82, 2.24) is 0 Å². The molecule has 3 aromatic carbocycles. The molecule has 0 saturated carbocycles. The fraction of sp³-hybridized carbons (Fsp3) is 0.125. The third kappa shape index (κ3) is 3.31. The summed E-state index contributed by atoms with van der Waals surface area (Å²) < 4.78 is 5.64. The van der Waals surface area contributed by atoms with Gasteiger partial charge in [0.25, 0.3) is 5.91 Å². The summed E-state index contributed by atoms with van der Waals surface area (Å²) in [4.78, 5) is 38.2. The number of ether oxygens (including phenoxy) is 1. The van der Waals surface area contributed by atoms with Crippen molar-refractivity contribution in [2.24, 2.45) is 0 Å². The molecule has 0 fully saturated rings. The highest BCUT2D eigenvalue weighted by Gasteiger charge is 2.31. The van der Waals surface area contributed by atoms with Crippen LogP contribution in [0.3, 0.4) is 0 Å². The van der Waals surface area contributed by atoms with Gasteiger partial charge in [0, 0.05) is 16.7 Å². The van der Waals surface area contributed by atoms with Crippen LogP contribution < -0.4 is 10.1 Å². The van der Waals surface area contributed by atoms with Gasteiger partial charge in [0.1, 0.15) is 5.75 Å². The lowest BCUT2D eigenvalue weighted by molar-refractivity contribution is -0.118. The lowest BCUT2D eigenvalue weighted by Gasteiger charge is -2.20. The first-order valence-corrected chi connectivity index (χ1v) is 9.27. The van der Waals surface area contributed by atoms with Crippen LogP contribution in [0.25, 0.3) is 0 Å². The van der Waals surface area contributed by atoms with Gasteiger partial charge in [-0.3, -0.25) is 14.4 Å². The second-order valence-electron chi connectivity index (χ2n) is 6.97. The molecule has 5 heteroatoms. The van der Waals surface area contributed by atoms with Crippen LogP contribution in [0.15, 0.2) is 60.7 Å². The molecule has 1 N–H and O–H groups in total. The van der Waals surface area contributed by atoms with E-state index < -0.39 is 5.91 Å². The lowest BCUT2D eigenvalue weighted by atomic mass is 9.83. The Morgan fingerprint density at radius 3 is 2.24 bits per heavy atom. The van der Waals surface area contributed by atoms with Crippen molar-refractivity contribution < 1.29 is 19.1 Å². The van der Waals surface area contributed by atoms with E-state index in [9.17, 15) is 14.4 Å². The van der Waals surface area contributed by atoms with E-state index in [0.717, 1.165) is 11.1 Å². The number of rotatable bonds is 4. The lowest BCUT2D eigenvalue weighted by Crippen LogP contribution is -2.26. The van der Waals surface area contributed by atoms with Crippen molar-refractivity contribution >= 4 is 23.2 Å². The number of fused-ring (bicyclic) bond motifs is 2. The van der Waals surface area contributed by atoms with Gasteiger partial charge in [-0.2, -0.15) is 0 Å². The van der Waals surface area contributed by atoms with Crippen molar-refractivity contribution in [1.29, 1.82) is 0 Å². The van der Waals surface area contributed by atoms with Crippen molar-refractivity contribution in [2.75, 3.05) is 11.9 Å². The molecule has 0 aliphatic heterocycles. The number of hydrogen-bond acceptors (Lipinski definition) is 4. The van der Waals surface area contributed by atoms with Gasteiger partial charge < -0.3 is 10.1 Å². The average Bonchev–Trinajstić information content (AvgIpc) is 2.73. The second-order valence-corrected chi connectivity index (χ2v) is 6.97. The van der Waals surface area contributed by atoms with Crippen LogP contribution in [0.4, 0.5) is 5.69 Å². The number of hydrogen-bond donors (Lipinski definition) is 1. The summed E-state index contributed by atoms with van der Waals surface area (Å²) in [5, 5.41) is 2.72. The molecular weight excluding hydrogens is 366 g/mol. The van der Waals surface area contributed by atoms with Gasteiger partial charge in [-0.25, -0.2) is 0 Å². The second kappa shape index (κ2) is 7.36. The quantitative estimate of drug-likeness (QED) is 0.574. The van der Waals surface area contributed by atoms with E-state index in [0.29, 0.717) is 28.1 Å². The van der Waals surface area contributed by atoms with Crippen LogP contribution in [0.2, 0.25) is 0 Å². The Balaban J connectivity index is 1.58. The fourth-order valence-corrected chi connectivity index (χ4v) is 3.46. The minimum absolute atomic E-state index is 0.202. The van der Waals surface area contributed by atoms with Crippen LogP contribution in [-0.4, -0.2) is 24.1 Å². The molecule has 0 aromatic heterocycles. The van der Waals surface area contributed by atoms with Crippen molar-refractivity contribution in [3.05, 3.63) is 94.0 Å². The monoisotopic (exact) mass is 385 g/mol. The van der Waals surface area contributed by atoms with Gasteiger partial charge in [0.2, 0.25) is 0 Å². The first-order chi connectivity index (χ1) is 14.0. The Bertz CT molecular complexity index is 1160. The summed E-state index contributed by atoms with van der Waals surface area (Å²) in [5.41, 5.74) is 3.59. The van der Waals surface area contributed by atoms with Gasteiger partial charge in [-0.1, -0.05) is 48.5 Å². The van der Waals surface area contributed by atoms with Crippen LogP contribution in [0, 0.1) is 13.8 Å². The molecular formula is C24H19NO4. The molecule has 0 radical (unpaired) electrons. The van der Waals surface area contributed by atoms with E-state index in [1.807, 2.05) is 26.0 Å². The molecule has 0 bridgehead atoms. The largest absolute Gasteiger partial charge is 0.483 e. The maximum Gasteiger partial charge on any atom is 0.262 e. The van der Waals surface area contributed by atoms with Gasteiger partial charge in [-0.15, -0.1) is 0 Å². The summed E-state index contributed by atoms with van der Waals surface area (Å²) in [6.45, 7) is 3.70. The molecule has 1 aliphatic carbocycles. The zero-order chi connectivity index (χ0) is 20.5. The molecule has 1 amide bonds. The number of carbonyl (C=O) groups is 3. The van der Waals surface area contributed by atoms with Gasteiger partial charge in [0.05, 0.1) is 11.3 Å². The molecule has 3 aromatic rings. The first kappa shape index (κ1) is 18.6. The Morgan fingerprint density at radius 2 is 1.48 bits per heavy atom. The van der Waals surface area contributed by atoms with Crippen LogP contribution >= 0.6 is 0 Å². The predicted molar refractivity (Wildman–Crippen MR) is 110 cm³/mol. The van der Waals surface area contributed by atoms with Gasteiger partial charge >= 0.3 is 0 Å². The van der Waals surface area contributed by atoms with Crippen LogP contribution in [-0.2, 0) is 4.79 Å². The molecule has 4 rings (SSSR count). The summed E-state index contributed by atoms with van der Waals surface area (Å²) >= 11 is 0. The van der Waals surface area contributed by atoms with E-state index in [-0.39, 0.29) is 23.7 Å². The average molecular weight is 385 g/mol. The Morgan fingerprint density at radius 1 is 0.828 bits per heavy atom. The van der Waals surface area contributed by atoms with E-state index in [1.54, 1.807) is 48.5 Å². The van der Waals surface area contributed by atoms with Crippen LogP contribution in [0.5, 0.6) is 5.75 Å². The Hall–Kier alpha value is -3.73. The fourth-order valence-electron chi connectivity index (χ4n) is 3.46. The minimum Gasteiger partial charge on any atom is -0.483 e. The van der Waals surface area contributed by atoms with Gasteiger partial charge in [0.15, 0.2) is 18.2 Å². The molecule has 0 unspecified atom stereocenters. The molecule has 144 valence electrons. The molecule has 0 spiro atoms. The summed E-state index contributed by atoms with van der Waals surface area (Å²) in [7, 11) is 0. The number of aryl methyl sites for hydroxylation is 1. The maximum absolute atomic E-state index is 13.0. The SMILES string of the molecule is Cc1cccc(OCC(=O)Nc2cccc3c2C(=O)c2ccccc2C3=O)c1C. The molecule has 0 atom stereocenters. The van der Waals surface area contributed by atoms with E-state index >= 15 is 0 Å². The summed E-state index contributed by atoms with van der Waals surface area (Å²) in [6.07, 6.45) is 0. The topological polar surface area (TPSA) is 72.5 Å². The first-order valence-electron chi connectivity index (χ1n) is 9.27. The van der Waals surface area contributed by atoms with Crippen molar-refractivity contribution in [3.8, 4) is 5.75 Å². The van der Waals surface area contributed by atoms with Crippen molar-refractivity contribution in [2.45, 2.75) is 13.8 Å². The van der Waals surface area contributed by atoms with E-state index in [4.69, 9.17) is 4.74 Å². The van der Waals surface area contributed by atoms with Gasteiger partial charge in [-0.05, 0) is 37.1 Å². The third-order valence-corrected chi connectivity index (χ3v) is 5.14. The molecule has 5 nitrogen and oxygen atoms in total. The molecule has 0 saturated heterocycles. The summed E-state index contributed by atoms with van der Waals surface area (Å²) in [6, 6.07) is 17.2. The molecule has 29 heavy (non-hydrogen) atoms. The number of ketones is 2. The highest BCUT2D eigenvalue weighted by atomic mass is 16.5. The third-order valence-electron chi connectivity index (χ3n) is 5.14. The standard InChI is InChI=1S/C24H19NO4/c1-14-7-5-12-20(15(14)2)29-13-21(26)25-19-11-6-10-18-22(19)24(28)17-9-4-3-8-16(17)23(18)27/h3-12H,13H2,1-2H3,(H,25,26). The Kier molecular flexibility index (Phi) is 4.72. The zero-order valence-corrected chi connectivity index (χ0v) is 16.1. The number of carbonyl (C=O) groups excluding carboxylic acids is 3. The Labute approximate surface area is 168 Å². The number of anilines is 1. The zero-order valence-electron chi connectivity index (χ0n) is 16.1. The number of benzene rings is 3. The normalized spacial score (nSPS) is 12.2. The maximum atomic E-state index is 13.0. The predicted octanol–water partition coefficient (Wildman–Crippen LogP) is 4.10. The highest BCUT2D eigenvalue weighted by Crippen LogP contribution is 2.32. The molecule has 1 aliphatic rings. The minimum atomic E-state index is -0.404. The van der Waals surface area contributed by atoms with Crippen molar-refractivity contribution in [3.63, 3.8) is 0 Å². The summed E-state index contributed by atoms with van der Waals surface area (Å²) in [5.74, 6) is -0.270. The molecule has 0 heterocycles. The highest BCUT2D eigenvalue weighted by molar-refractivity contribution is 6.30. The number of amides is 1. The number of nitrogens with one attached hydrogen (secondary N) is 1.